The van der Waals surface area contributed by atoms with Gasteiger partial charge in [0.1, 0.15) is 17.4 Å². The van der Waals surface area contributed by atoms with Crippen molar-refractivity contribution in [3.05, 3.63) is 47.2 Å². The third-order valence-corrected chi connectivity index (χ3v) is 3.66. The second kappa shape index (κ2) is 5.25. The number of rotatable bonds is 3. The van der Waals surface area contributed by atoms with Crippen molar-refractivity contribution in [1.29, 1.82) is 0 Å². The van der Waals surface area contributed by atoms with Crippen LogP contribution < -0.4 is 15.8 Å². The Bertz CT molecular complexity index is 765. The van der Waals surface area contributed by atoms with Crippen LogP contribution in [0, 0.1) is 11.6 Å². The molecule has 0 fully saturated rings. The van der Waals surface area contributed by atoms with Crippen LogP contribution in [0.15, 0.2) is 24.4 Å². The van der Waals surface area contributed by atoms with E-state index >= 15 is 0 Å². The number of hydrogen-bond acceptors (Lipinski definition) is 5. The maximum Gasteiger partial charge on any atom is 0.178 e. The summed E-state index contributed by atoms with van der Waals surface area (Å²) in [6, 6.07) is 3.71. The normalized spacial score (nSPS) is 16.0. The Morgan fingerprint density at radius 1 is 1.45 bits per heavy atom. The van der Waals surface area contributed by atoms with E-state index in [1.165, 1.54) is 13.3 Å². The average Bonchev–Trinajstić information content (AvgIpc) is 2.94. The highest BCUT2D eigenvalue weighted by molar-refractivity contribution is 6.03. The minimum absolute atomic E-state index is 0.210. The van der Waals surface area contributed by atoms with Crippen molar-refractivity contribution in [2.75, 3.05) is 24.7 Å². The van der Waals surface area contributed by atoms with Gasteiger partial charge in [-0.3, -0.25) is 4.79 Å². The summed E-state index contributed by atoms with van der Waals surface area (Å²) in [5.74, 6) is -2.42. The molecule has 1 unspecified atom stereocenters. The summed E-state index contributed by atoms with van der Waals surface area (Å²) >= 11 is 0. The van der Waals surface area contributed by atoms with Crippen molar-refractivity contribution in [3.8, 4) is 5.75 Å². The first-order valence-electron chi connectivity index (χ1n) is 6.58. The molecule has 0 aliphatic carbocycles. The number of Topliss-reactive ketones (excluding diaryl/α,β-unsaturated/α-hetero) is 1. The Balaban J connectivity index is 2.05. The predicted molar refractivity (Wildman–Crippen MR) is 77.1 cm³/mol. The SMILES string of the molecule is COc1cnc2c(c1)C(C(=O)c1c(F)ccc(N)c1F)CN2. The van der Waals surface area contributed by atoms with Gasteiger partial charge in [-0.15, -0.1) is 0 Å². The summed E-state index contributed by atoms with van der Waals surface area (Å²) in [4.78, 5) is 16.7. The zero-order valence-electron chi connectivity index (χ0n) is 11.7. The van der Waals surface area contributed by atoms with Crippen LogP contribution >= 0.6 is 0 Å². The molecule has 1 aliphatic heterocycles. The highest BCUT2D eigenvalue weighted by Crippen LogP contribution is 2.35. The number of ketones is 1. The van der Waals surface area contributed by atoms with Gasteiger partial charge < -0.3 is 15.8 Å². The molecule has 22 heavy (non-hydrogen) atoms. The van der Waals surface area contributed by atoms with E-state index in [0.29, 0.717) is 17.1 Å². The largest absolute Gasteiger partial charge is 0.495 e. The third-order valence-electron chi connectivity index (χ3n) is 3.66. The van der Waals surface area contributed by atoms with Gasteiger partial charge in [0.05, 0.1) is 30.5 Å². The van der Waals surface area contributed by atoms with Crippen LogP contribution in [0.5, 0.6) is 5.75 Å². The molecule has 2 heterocycles. The van der Waals surface area contributed by atoms with Crippen LogP contribution in [-0.2, 0) is 0 Å². The lowest BCUT2D eigenvalue weighted by molar-refractivity contribution is 0.0958. The minimum Gasteiger partial charge on any atom is -0.495 e. The minimum atomic E-state index is -1.03. The Morgan fingerprint density at radius 2 is 2.23 bits per heavy atom. The standard InChI is InChI=1S/C15H13F2N3O2/c1-22-7-4-8-9(6-20-15(8)19-5-7)14(21)12-10(16)2-3-11(18)13(12)17/h2-5,9H,6,18H2,1H3,(H,19,20). The first-order chi connectivity index (χ1) is 10.5. The van der Waals surface area contributed by atoms with E-state index in [2.05, 4.69) is 10.3 Å². The number of nitrogens with two attached hydrogens (primary N) is 1. The van der Waals surface area contributed by atoms with Crippen molar-refractivity contribution in [2.45, 2.75) is 5.92 Å². The molecule has 0 radical (unpaired) electrons. The van der Waals surface area contributed by atoms with Crippen molar-refractivity contribution in [2.24, 2.45) is 0 Å². The van der Waals surface area contributed by atoms with Gasteiger partial charge in [-0.05, 0) is 18.2 Å². The number of nitrogen functional groups attached to an aromatic ring is 1. The van der Waals surface area contributed by atoms with Crippen LogP contribution in [0.1, 0.15) is 21.8 Å². The summed E-state index contributed by atoms with van der Waals surface area (Å²) in [7, 11) is 1.47. The molecule has 3 rings (SSSR count). The number of pyridine rings is 1. The van der Waals surface area contributed by atoms with Crippen molar-refractivity contribution >= 4 is 17.3 Å². The van der Waals surface area contributed by atoms with Gasteiger partial charge in [0.15, 0.2) is 11.6 Å². The fraction of sp³-hybridized carbons (Fsp3) is 0.200. The summed E-state index contributed by atoms with van der Waals surface area (Å²) in [6.45, 7) is 0.210. The topological polar surface area (TPSA) is 77.2 Å². The predicted octanol–water partition coefficient (Wildman–Crippen LogP) is 2.34. The van der Waals surface area contributed by atoms with E-state index < -0.39 is 28.9 Å². The number of ether oxygens (including phenoxy) is 1. The quantitative estimate of drug-likeness (QED) is 0.672. The van der Waals surface area contributed by atoms with Crippen molar-refractivity contribution < 1.29 is 18.3 Å². The highest BCUT2D eigenvalue weighted by Gasteiger charge is 2.34. The lowest BCUT2D eigenvalue weighted by Crippen LogP contribution is -2.18. The van der Waals surface area contributed by atoms with Crippen LogP contribution in [-0.4, -0.2) is 24.4 Å². The van der Waals surface area contributed by atoms with Gasteiger partial charge in [0, 0.05) is 12.1 Å². The monoisotopic (exact) mass is 305 g/mol. The molecule has 2 aromatic rings. The molecule has 7 heteroatoms. The number of carbonyl (C=O) groups excluding carboxylic acids is 1. The number of halogens is 2. The molecule has 0 amide bonds. The Hall–Kier alpha value is -2.70. The Labute approximate surface area is 125 Å². The molecule has 0 bridgehead atoms. The smallest absolute Gasteiger partial charge is 0.178 e. The number of fused-ring (bicyclic) bond motifs is 1. The molecule has 1 aromatic heterocycles. The van der Waals surface area contributed by atoms with Gasteiger partial charge in [-0.25, -0.2) is 13.8 Å². The second-order valence-electron chi connectivity index (χ2n) is 4.94. The molecule has 5 nitrogen and oxygen atoms in total. The summed E-state index contributed by atoms with van der Waals surface area (Å²) < 4.78 is 33.0. The van der Waals surface area contributed by atoms with Crippen LogP contribution in [0.2, 0.25) is 0 Å². The maximum atomic E-state index is 14.0. The van der Waals surface area contributed by atoms with Gasteiger partial charge in [0.2, 0.25) is 0 Å². The fourth-order valence-electron chi connectivity index (χ4n) is 2.50. The molecule has 0 saturated heterocycles. The highest BCUT2D eigenvalue weighted by atomic mass is 19.1. The van der Waals surface area contributed by atoms with Crippen LogP contribution in [0.25, 0.3) is 0 Å². The molecule has 1 atom stereocenters. The molecule has 0 saturated carbocycles. The number of benzene rings is 1. The van der Waals surface area contributed by atoms with E-state index in [1.807, 2.05) is 0 Å². The van der Waals surface area contributed by atoms with E-state index in [0.717, 1.165) is 12.1 Å². The molecule has 0 spiro atoms. The van der Waals surface area contributed by atoms with Crippen molar-refractivity contribution in [3.63, 3.8) is 0 Å². The van der Waals surface area contributed by atoms with Gasteiger partial charge >= 0.3 is 0 Å². The van der Waals surface area contributed by atoms with E-state index in [1.54, 1.807) is 6.07 Å². The Kier molecular flexibility index (Phi) is 3.40. The molecular weight excluding hydrogens is 292 g/mol. The summed E-state index contributed by atoms with van der Waals surface area (Å²) in [5, 5.41) is 2.94. The van der Waals surface area contributed by atoms with Gasteiger partial charge in [0.25, 0.3) is 0 Å². The maximum absolute atomic E-state index is 14.0. The number of anilines is 2. The molecule has 1 aliphatic rings. The molecular formula is C15H13F2N3O2. The lowest BCUT2D eigenvalue weighted by Gasteiger charge is -2.12. The lowest BCUT2D eigenvalue weighted by atomic mass is 9.92. The van der Waals surface area contributed by atoms with Crippen LogP contribution in [0.4, 0.5) is 20.3 Å². The summed E-state index contributed by atoms with van der Waals surface area (Å²) in [5.41, 5.74) is 5.08. The summed E-state index contributed by atoms with van der Waals surface area (Å²) in [6.07, 6.45) is 1.50. The van der Waals surface area contributed by atoms with Crippen LogP contribution in [0.3, 0.4) is 0 Å². The zero-order chi connectivity index (χ0) is 15.9. The first kappa shape index (κ1) is 14.2. The van der Waals surface area contributed by atoms with Gasteiger partial charge in [-0.1, -0.05) is 0 Å². The number of methoxy groups -OCH3 is 1. The van der Waals surface area contributed by atoms with E-state index in [9.17, 15) is 13.6 Å². The molecule has 114 valence electrons. The second-order valence-corrected chi connectivity index (χ2v) is 4.94. The molecule has 3 N–H and O–H groups in total. The van der Waals surface area contributed by atoms with E-state index in [-0.39, 0.29) is 12.2 Å². The number of hydrogen-bond donors (Lipinski definition) is 2. The Morgan fingerprint density at radius 3 is 2.95 bits per heavy atom. The number of nitrogens with one attached hydrogen (secondary N) is 1. The number of aromatic nitrogens is 1. The zero-order valence-corrected chi connectivity index (χ0v) is 11.7. The van der Waals surface area contributed by atoms with Gasteiger partial charge in [-0.2, -0.15) is 0 Å². The number of carbonyl (C=O) groups is 1. The number of nitrogens with zero attached hydrogens (tertiary/aromatic N) is 1. The molecule has 1 aromatic carbocycles. The average molecular weight is 305 g/mol. The first-order valence-corrected chi connectivity index (χ1v) is 6.58. The fourth-order valence-corrected chi connectivity index (χ4v) is 2.50. The van der Waals surface area contributed by atoms with E-state index in [4.69, 9.17) is 10.5 Å². The van der Waals surface area contributed by atoms with Crippen molar-refractivity contribution in [1.82, 2.24) is 4.98 Å². The third kappa shape index (κ3) is 2.14.